The Hall–Kier alpha value is -1.02. The summed E-state index contributed by atoms with van der Waals surface area (Å²) in [6.07, 6.45) is 1.17. The van der Waals surface area contributed by atoms with Crippen LogP contribution in [0.4, 0.5) is 5.69 Å². The predicted octanol–water partition coefficient (Wildman–Crippen LogP) is 2.87. The third-order valence-electron chi connectivity index (χ3n) is 4.02. The first kappa shape index (κ1) is 12.4. The van der Waals surface area contributed by atoms with Crippen LogP contribution in [0, 0.1) is 19.3 Å². The zero-order chi connectivity index (χ0) is 12.6. The fraction of sp³-hybridized carbons (Fsp3) is 0.600. The third-order valence-corrected chi connectivity index (χ3v) is 4.02. The lowest BCUT2D eigenvalue weighted by Gasteiger charge is -2.43. The summed E-state index contributed by atoms with van der Waals surface area (Å²) >= 11 is 0. The molecule has 0 bridgehead atoms. The molecule has 1 aromatic rings. The van der Waals surface area contributed by atoms with E-state index in [1.165, 1.54) is 23.2 Å². The van der Waals surface area contributed by atoms with Crippen molar-refractivity contribution in [1.29, 1.82) is 0 Å². The molecule has 0 aliphatic carbocycles. The molecule has 1 atom stereocenters. The molecule has 0 amide bonds. The Morgan fingerprint density at radius 1 is 1.18 bits per heavy atom. The van der Waals surface area contributed by atoms with Crippen molar-refractivity contribution in [3.05, 3.63) is 29.3 Å². The van der Waals surface area contributed by atoms with E-state index < -0.39 is 0 Å². The second-order valence-electron chi connectivity index (χ2n) is 6.14. The summed E-state index contributed by atoms with van der Waals surface area (Å²) in [7, 11) is 0. The van der Waals surface area contributed by atoms with E-state index in [1.807, 2.05) is 0 Å². The number of rotatable bonds is 1. The Balaban J connectivity index is 2.19. The Labute approximate surface area is 105 Å². The number of benzene rings is 1. The van der Waals surface area contributed by atoms with Crippen molar-refractivity contribution in [3.8, 4) is 0 Å². The average molecular weight is 232 g/mol. The van der Waals surface area contributed by atoms with Crippen LogP contribution in [0.3, 0.4) is 0 Å². The Bertz CT molecular complexity index is 389. The maximum Gasteiger partial charge on any atom is 0.0372 e. The highest BCUT2D eigenvalue weighted by Crippen LogP contribution is 2.32. The minimum absolute atomic E-state index is 0.261. The van der Waals surface area contributed by atoms with E-state index in [9.17, 15) is 0 Å². The van der Waals surface area contributed by atoms with Crippen LogP contribution in [-0.4, -0.2) is 19.1 Å². The maximum atomic E-state index is 6.27. The summed E-state index contributed by atoms with van der Waals surface area (Å²) in [4.78, 5) is 2.43. The zero-order valence-corrected chi connectivity index (χ0v) is 11.5. The second-order valence-corrected chi connectivity index (χ2v) is 6.14. The molecule has 0 radical (unpaired) electrons. The summed E-state index contributed by atoms with van der Waals surface area (Å²) < 4.78 is 0. The van der Waals surface area contributed by atoms with E-state index in [-0.39, 0.29) is 11.5 Å². The van der Waals surface area contributed by atoms with Crippen molar-refractivity contribution >= 4 is 5.69 Å². The van der Waals surface area contributed by atoms with E-state index >= 15 is 0 Å². The van der Waals surface area contributed by atoms with Gasteiger partial charge in [0.05, 0.1) is 0 Å². The molecule has 1 saturated heterocycles. The van der Waals surface area contributed by atoms with Gasteiger partial charge in [-0.15, -0.1) is 0 Å². The lowest BCUT2D eigenvalue weighted by molar-refractivity contribution is 0.235. The average Bonchev–Trinajstić information content (AvgIpc) is 2.20. The summed E-state index contributed by atoms with van der Waals surface area (Å²) in [6, 6.07) is 7.00. The number of nitrogens with zero attached hydrogens (tertiary/aromatic N) is 1. The van der Waals surface area contributed by atoms with Gasteiger partial charge in [0.1, 0.15) is 0 Å². The smallest absolute Gasteiger partial charge is 0.0372 e. The second kappa shape index (κ2) is 4.34. The van der Waals surface area contributed by atoms with Crippen LogP contribution in [0.15, 0.2) is 18.2 Å². The van der Waals surface area contributed by atoms with Gasteiger partial charge in [-0.05, 0) is 48.9 Å². The topological polar surface area (TPSA) is 29.3 Å². The number of aryl methyl sites for hydroxylation is 2. The van der Waals surface area contributed by atoms with Gasteiger partial charge in [0, 0.05) is 24.8 Å². The van der Waals surface area contributed by atoms with Gasteiger partial charge < -0.3 is 10.6 Å². The Morgan fingerprint density at radius 2 is 1.76 bits per heavy atom. The largest absolute Gasteiger partial charge is 0.370 e. The Morgan fingerprint density at radius 3 is 2.29 bits per heavy atom. The van der Waals surface area contributed by atoms with E-state index in [0.717, 1.165) is 13.1 Å². The molecule has 1 heterocycles. The van der Waals surface area contributed by atoms with Gasteiger partial charge in [0.15, 0.2) is 0 Å². The van der Waals surface area contributed by atoms with Crippen LogP contribution in [0.1, 0.15) is 31.4 Å². The maximum absolute atomic E-state index is 6.27. The normalized spacial score (nSPS) is 23.8. The first-order valence-electron chi connectivity index (χ1n) is 6.47. The molecule has 17 heavy (non-hydrogen) atoms. The molecular formula is C15H24N2. The highest BCUT2D eigenvalue weighted by atomic mass is 15.2. The first-order valence-corrected chi connectivity index (χ1v) is 6.47. The molecule has 1 fully saturated rings. The molecule has 1 unspecified atom stereocenters. The summed E-state index contributed by atoms with van der Waals surface area (Å²) in [5.41, 5.74) is 10.5. The first-order chi connectivity index (χ1) is 7.88. The predicted molar refractivity (Wildman–Crippen MR) is 74.5 cm³/mol. The van der Waals surface area contributed by atoms with Gasteiger partial charge in [0.2, 0.25) is 0 Å². The summed E-state index contributed by atoms with van der Waals surface area (Å²) in [5, 5.41) is 0. The highest BCUT2D eigenvalue weighted by molar-refractivity contribution is 5.51. The molecule has 94 valence electrons. The SMILES string of the molecule is Cc1cc(C)cc(N2CCC(C)(C)C(N)C2)c1. The molecule has 2 rings (SSSR count). The van der Waals surface area contributed by atoms with Gasteiger partial charge in [-0.3, -0.25) is 0 Å². The van der Waals surface area contributed by atoms with E-state index in [1.54, 1.807) is 0 Å². The molecule has 1 aliphatic heterocycles. The van der Waals surface area contributed by atoms with Gasteiger partial charge >= 0.3 is 0 Å². The molecular weight excluding hydrogens is 208 g/mol. The molecule has 1 aromatic carbocycles. The monoisotopic (exact) mass is 232 g/mol. The van der Waals surface area contributed by atoms with Crippen molar-refractivity contribution in [2.24, 2.45) is 11.1 Å². The summed E-state index contributed by atoms with van der Waals surface area (Å²) in [6.45, 7) is 10.9. The van der Waals surface area contributed by atoms with Crippen molar-refractivity contribution in [2.75, 3.05) is 18.0 Å². The van der Waals surface area contributed by atoms with Gasteiger partial charge in [-0.25, -0.2) is 0 Å². The lowest BCUT2D eigenvalue weighted by atomic mass is 9.78. The van der Waals surface area contributed by atoms with Crippen LogP contribution < -0.4 is 10.6 Å². The quantitative estimate of drug-likeness (QED) is 0.806. The molecule has 2 heteroatoms. The fourth-order valence-electron chi connectivity index (χ4n) is 2.55. The fourth-order valence-corrected chi connectivity index (χ4v) is 2.55. The number of hydrogen-bond donors (Lipinski definition) is 1. The number of anilines is 1. The van der Waals surface area contributed by atoms with Crippen LogP contribution in [0.5, 0.6) is 0 Å². The Kier molecular flexibility index (Phi) is 3.17. The van der Waals surface area contributed by atoms with Gasteiger partial charge in [-0.1, -0.05) is 19.9 Å². The van der Waals surface area contributed by atoms with Gasteiger partial charge in [-0.2, -0.15) is 0 Å². The summed E-state index contributed by atoms with van der Waals surface area (Å²) in [5.74, 6) is 0. The van der Waals surface area contributed by atoms with E-state index in [2.05, 4.69) is 50.8 Å². The standard InChI is InChI=1S/C15H24N2/c1-11-7-12(2)9-13(8-11)17-6-5-15(3,4)14(16)10-17/h7-9,14H,5-6,10,16H2,1-4H3. The van der Waals surface area contributed by atoms with Crippen molar-refractivity contribution < 1.29 is 0 Å². The van der Waals surface area contributed by atoms with Crippen LogP contribution in [-0.2, 0) is 0 Å². The number of nitrogens with two attached hydrogens (primary N) is 1. The highest BCUT2D eigenvalue weighted by Gasteiger charge is 2.32. The molecule has 1 aliphatic rings. The third kappa shape index (κ3) is 2.63. The van der Waals surface area contributed by atoms with Crippen molar-refractivity contribution in [2.45, 2.75) is 40.2 Å². The molecule has 2 nitrogen and oxygen atoms in total. The van der Waals surface area contributed by atoms with Crippen molar-refractivity contribution in [3.63, 3.8) is 0 Å². The molecule has 0 spiro atoms. The molecule has 0 aromatic heterocycles. The minimum atomic E-state index is 0.261. The van der Waals surface area contributed by atoms with Crippen LogP contribution in [0.25, 0.3) is 0 Å². The van der Waals surface area contributed by atoms with Crippen molar-refractivity contribution in [1.82, 2.24) is 0 Å². The van der Waals surface area contributed by atoms with Gasteiger partial charge in [0.25, 0.3) is 0 Å². The lowest BCUT2D eigenvalue weighted by Crippen LogP contribution is -2.53. The molecule has 2 N–H and O–H groups in total. The van der Waals surface area contributed by atoms with E-state index in [0.29, 0.717) is 0 Å². The van der Waals surface area contributed by atoms with E-state index in [4.69, 9.17) is 5.73 Å². The van der Waals surface area contributed by atoms with Crippen LogP contribution in [0.2, 0.25) is 0 Å². The number of piperidine rings is 1. The molecule has 0 saturated carbocycles. The minimum Gasteiger partial charge on any atom is -0.370 e. The number of hydrogen-bond acceptors (Lipinski definition) is 2. The van der Waals surface area contributed by atoms with Crippen LogP contribution >= 0.6 is 0 Å². The zero-order valence-electron chi connectivity index (χ0n) is 11.5.